The largest absolute Gasteiger partial charge is 0.365 e. The SMILES string of the molecule is Cc1ccc2nc(Cl)nc(NCc3ccc(N(Cc4ccccc4)C(=O)C4CCNCC4)cc3)c2c1. The molecule has 2 N–H and O–H groups in total. The second kappa shape index (κ2) is 11.1. The number of aryl methyl sites for hydroxylation is 1. The Morgan fingerprint density at radius 3 is 2.50 bits per heavy atom. The fourth-order valence-electron chi connectivity index (χ4n) is 4.68. The van der Waals surface area contributed by atoms with E-state index in [9.17, 15) is 4.79 Å². The van der Waals surface area contributed by atoms with Gasteiger partial charge in [0.15, 0.2) is 0 Å². The van der Waals surface area contributed by atoms with Gasteiger partial charge in [0.2, 0.25) is 11.2 Å². The van der Waals surface area contributed by atoms with Gasteiger partial charge in [-0.1, -0.05) is 54.1 Å². The third-order valence-corrected chi connectivity index (χ3v) is 6.84. The molecule has 0 unspecified atom stereocenters. The van der Waals surface area contributed by atoms with Crippen LogP contribution in [0.1, 0.15) is 29.5 Å². The number of halogens is 1. The molecule has 2 heterocycles. The standard InChI is InChI=1S/C29H30ClN5O/c1-20-7-12-26-25(17-20)27(34-29(30)33-26)32-18-21-8-10-24(11-9-21)35(19-22-5-3-2-4-6-22)28(36)23-13-15-31-16-14-23/h2-12,17,23,31H,13-16,18-19H2,1H3,(H,32,33,34). The van der Waals surface area contributed by atoms with E-state index >= 15 is 0 Å². The Bertz CT molecular complexity index is 1340. The summed E-state index contributed by atoms with van der Waals surface area (Å²) >= 11 is 6.16. The summed E-state index contributed by atoms with van der Waals surface area (Å²) < 4.78 is 0. The van der Waals surface area contributed by atoms with Crippen LogP contribution in [-0.4, -0.2) is 29.0 Å². The number of carbonyl (C=O) groups is 1. The maximum absolute atomic E-state index is 13.5. The molecule has 3 aromatic carbocycles. The molecule has 0 aliphatic carbocycles. The highest BCUT2D eigenvalue weighted by molar-refractivity contribution is 6.28. The molecular formula is C29H30ClN5O. The topological polar surface area (TPSA) is 70.2 Å². The molecule has 4 aromatic rings. The Hall–Kier alpha value is -3.48. The van der Waals surface area contributed by atoms with Gasteiger partial charge in [0, 0.05) is 23.5 Å². The fourth-order valence-corrected chi connectivity index (χ4v) is 4.86. The number of hydrogen-bond donors (Lipinski definition) is 2. The highest BCUT2D eigenvalue weighted by atomic mass is 35.5. The number of rotatable bonds is 7. The quantitative estimate of drug-likeness (QED) is 0.317. The Kier molecular flexibility index (Phi) is 7.44. The number of nitrogens with one attached hydrogen (secondary N) is 2. The number of amides is 1. The van der Waals surface area contributed by atoms with Crippen LogP contribution in [-0.2, 0) is 17.9 Å². The number of benzene rings is 3. The molecule has 5 rings (SSSR count). The van der Waals surface area contributed by atoms with E-state index < -0.39 is 0 Å². The molecule has 0 bridgehead atoms. The Balaban J connectivity index is 1.35. The molecule has 184 valence electrons. The molecule has 1 aliphatic heterocycles. The highest BCUT2D eigenvalue weighted by Crippen LogP contribution is 2.26. The first-order valence-corrected chi connectivity index (χ1v) is 12.8. The first kappa shape index (κ1) is 24.2. The summed E-state index contributed by atoms with van der Waals surface area (Å²) in [5.41, 5.74) is 5.07. The van der Waals surface area contributed by atoms with Gasteiger partial charge in [0.25, 0.3) is 0 Å². The van der Waals surface area contributed by atoms with Crippen LogP contribution in [0.25, 0.3) is 10.9 Å². The molecule has 1 aromatic heterocycles. The van der Waals surface area contributed by atoms with Gasteiger partial charge < -0.3 is 15.5 Å². The van der Waals surface area contributed by atoms with E-state index in [2.05, 4.69) is 50.9 Å². The van der Waals surface area contributed by atoms with Crippen molar-refractivity contribution >= 4 is 39.9 Å². The Morgan fingerprint density at radius 1 is 1.00 bits per heavy atom. The average molecular weight is 500 g/mol. The molecule has 0 saturated carbocycles. The van der Waals surface area contributed by atoms with Crippen LogP contribution in [0.3, 0.4) is 0 Å². The second-order valence-electron chi connectivity index (χ2n) is 9.32. The van der Waals surface area contributed by atoms with Crippen molar-refractivity contribution in [2.24, 2.45) is 5.92 Å². The van der Waals surface area contributed by atoms with E-state index in [1.54, 1.807) is 0 Å². The van der Waals surface area contributed by atoms with Crippen molar-refractivity contribution < 1.29 is 4.79 Å². The molecule has 1 aliphatic rings. The molecule has 1 amide bonds. The van der Waals surface area contributed by atoms with Crippen LogP contribution >= 0.6 is 11.6 Å². The van der Waals surface area contributed by atoms with Gasteiger partial charge in [-0.2, -0.15) is 0 Å². The molecule has 7 heteroatoms. The first-order valence-electron chi connectivity index (χ1n) is 12.4. The normalized spacial score (nSPS) is 14.1. The number of carbonyl (C=O) groups excluding carboxylic acids is 1. The third kappa shape index (κ3) is 5.66. The number of nitrogens with zero attached hydrogens (tertiary/aromatic N) is 3. The minimum absolute atomic E-state index is 0.0514. The van der Waals surface area contributed by atoms with Crippen LogP contribution < -0.4 is 15.5 Å². The van der Waals surface area contributed by atoms with Gasteiger partial charge in [-0.3, -0.25) is 4.79 Å². The lowest BCUT2D eigenvalue weighted by Gasteiger charge is -2.30. The van der Waals surface area contributed by atoms with E-state index in [0.29, 0.717) is 18.9 Å². The summed E-state index contributed by atoms with van der Waals surface area (Å²) in [6.07, 6.45) is 1.75. The number of fused-ring (bicyclic) bond motifs is 1. The zero-order valence-corrected chi connectivity index (χ0v) is 21.1. The lowest BCUT2D eigenvalue weighted by atomic mass is 9.96. The summed E-state index contributed by atoms with van der Waals surface area (Å²) in [6.45, 7) is 4.97. The zero-order chi connectivity index (χ0) is 24.9. The van der Waals surface area contributed by atoms with E-state index in [0.717, 1.165) is 59.2 Å². The van der Waals surface area contributed by atoms with E-state index in [1.807, 2.05) is 54.3 Å². The predicted molar refractivity (Wildman–Crippen MR) is 146 cm³/mol. The van der Waals surface area contributed by atoms with Crippen LogP contribution in [0.15, 0.2) is 72.8 Å². The molecule has 0 atom stereocenters. The highest BCUT2D eigenvalue weighted by Gasteiger charge is 2.27. The molecule has 1 saturated heterocycles. The zero-order valence-electron chi connectivity index (χ0n) is 20.4. The Morgan fingerprint density at radius 2 is 1.75 bits per heavy atom. The van der Waals surface area contributed by atoms with Crippen LogP contribution in [0.2, 0.25) is 5.28 Å². The van der Waals surface area contributed by atoms with Gasteiger partial charge in [-0.05, 0) is 79.8 Å². The lowest BCUT2D eigenvalue weighted by Crippen LogP contribution is -2.40. The van der Waals surface area contributed by atoms with Crippen LogP contribution in [0.5, 0.6) is 0 Å². The second-order valence-corrected chi connectivity index (χ2v) is 9.65. The smallest absolute Gasteiger partial charge is 0.230 e. The van der Waals surface area contributed by atoms with Crippen molar-refractivity contribution in [2.75, 3.05) is 23.3 Å². The minimum Gasteiger partial charge on any atom is -0.365 e. The van der Waals surface area contributed by atoms with Gasteiger partial charge in [0.1, 0.15) is 5.82 Å². The van der Waals surface area contributed by atoms with Crippen molar-refractivity contribution in [3.05, 3.63) is 94.8 Å². The fraction of sp³-hybridized carbons (Fsp3) is 0.276. The van der Waals surface area contributed by atoms with E-state index in [-0.39, 0.29) is 17.1 Å². The Labute approximate surface area is 216 Å². The van der Waals surface area contributed by atoms with Gasteiger partial charge in [0.05, 0.1) is 12.1 Å². The van der Waals surface area contributed by atoms with Crippen molar-refractivity contribution in [2.45, 2.75) is 32.9 Å². The molecule has 1 fully saturated rings. The third-order valence-electron chi connectivity index (χ3n) is 6.67. The maximum atomic E-state index is 13.5. The van der Waals surface area contributed by atoms with Crippen molar-refractivity contribution in [3.63, 3.8) is 0 Å². The lowest BCUT2D eigenvalue weighted by molar-refractivity contribution is -0.123. The monoisotopic (exact) mass is 499 g/mol. The summed E-state index contributed by atoms with van der Waals surface area (Å²) in [4.78, 5) is 24.2. The molecular weight excluding hydrogens is 470 g/mol. The summed E-state index contributed by atoms with van der Waals surface area (Å²) in [5, 5.41) is 7.93. The van der Waals surface area contributed by atoms with Gasteiger partial charge in [-0.25, -0.2) is 9.97 Å². The predicted octanol–water partition coefficient (Wildman–Crippen LogP) is 5.74. The molecule has 6 nitrogen and oxygen atoms in total. The molecule has 36 heavy (non-hydrogen) atoms. The van der Waals surface area contributed by atoms with Crippen molar-refractivity contribution in [1.29, 1.82) is 0 Å². The average Bonchev–Trinajstić information content (AvgIpc) is 2.92. The number of hydrogen-bond acceptors (Lipinski definition) is 5. The number of anilines is 2. The van der Waals surface area contributed by atoms with Gasteiger partial charge >= 0.3 is 0 Å². The van der Waals surface area contributed by atoms with Crippen LogP contribution in [0.4, 0.5) is 11.5 Å². The molecule has 0 spiro atoms. The maximum Gasteiger partial charge on any atom is 0.230 e. The van der Waals surface area contributed by atoms with Crippen molar-refractivity contribution in [3.8, 4) is 0 Å². The summed E-state index contributed by atoms with van der Waals surface area (Å²) in [7, 11) is 0. The summed E-state index contributed by atoms with van der Waals surface area (Å²) in [5.74, 6) is 0.962. The number of aromatic nitrogens is 2. The van der Waals surface area contributed by atoms with Crippen molar-refractivity contribution in [1.82, 2.24) is 15.3 Å². The van der Waals surface area contributed by atoms with Gasteiger partial charge in [-0.15, -0.1) is 0 Å². The summed E-state index contributed by atoms with van der Waals surface area (Å²) in [6, 6.07) is 24.4. The van der Waals surface area contributed by atoms with E-state index in [1.165, 1.54) is 0 Å². The van der Waals surface area contributed by atoms with Crippen LogP contribution in [0, 0.1) is 12.8 Å². The van der Waals surface area contributed by atoms with E-state index in [4.69, 9.17) is 11.6 Å². The molecule has 0 radical (unpaired) electrons. The minimum atomic E-state index is 0.0514. The number of piperidine rings is 1. The first-order chi connectivity index (χ1) is 17.6.